The summed E-state index contributed by atoms with van der Waals surface area (Å²) >= 11 is 0. The van der Waals surface area contributed by atoms with Crippen molar-refractivity contribution in [2.75, 3.05) is 6.61 Å². The van der Waals surface area contributed by atoms with Crippen LogP contribution in [0.2, 0.25) is 0 Å². The van der Waals surface area contributed by atoms with Gasteiger partial charge in [0.1, 0.15) is 6.10 Å². The van der Waals surface area contributed by atoms with Crippen LogP contribution in [0.3, 0.4) is 0 Å². The van der Waals surface area contributed by atoms with Crippen LogP contribution in [0.1, 0.15) is 46.0 Å². The Labute approximate surface area is 96.3 Å². The van der Waals surface area contributed by atoms with Crippen LogP contribution in [0, 0.1) is 5.92 Å². The molecule has 0 N–H and O–H groups in total. The average Bonchev–Trinajstić information content (AvgIpc) is 2.71. The summed E-state index contributed by atoms with van der Waals surface area (Å²) in [6.07, 6.45) is 4.35. The minimum absolute atomic E-state index is 0.0107. The van der Waals surface area contributed by atoms with E-state index < -0.39 is 11.9 Å². The van der Waals surface area contributed by atoms with E-state index in [2.05, 4.69) is 0 Å². The Morgan fingerprint density at radius 2 is 1.75 bits per heavy atom. The van der Waals surface area contributed by atoms with Crippen LogP contribution in [0.15, 0.2) is 0 Å². The van der Waals surface area contributed by atoms with Crippen molar-refractivity contribution in [2.24, 2.45) is 0 Å². The molecule has 0 aromatic rings. The summed E-state index contributed by atoms with van der Waals surface area (Å²) < 4.78 is 10.1. The number of esters is 2. The molecule has 16 heavy (non-hydrogen) atoms. The summed E-state index contributed by atoms with van der Waals surface area (Å²) in [5.41, 5.74) is 0. The molecule has 4 nitrogen and oxygen atoms in total. The largest absolute Gasteiger partial charge is 0.465 e. The van der Waals surface area contributed by atoms with E-state index in [-0.39, 0.29) is 18.6 Å². The molecule has 1 fully saturated rings. The topological polar surface area (TPSA) is 52.6 Å². The molecule has 0 aromatic carbocycles. The molecule has 1 radical (unpaired) electrons. The Bertz CT molecular complexity index is 243. The second kappa shape index (κ2) is 6.51. The van der Waals surface area contributed by atoms with Crippen molar-refractivity contribution in [1.82, 2.24) is 0 Å². The van der Waals surface area contributed by atoms with Gasteiger partial charge in [-0.05, 0) is 39.0 Å². The zero-order valence-electron chi connectivity index (χ0n) is 9.95. The van der Waals surface area contributed by atoms with Gasteiger partial charge in [0, 0.05) is 0 Å². The zero-order chi connectivity index (χ0) is 12.0. The lowest BCUT2D eigenvalue weighted by molar-refractivity contribution is -0.154. The molecule has 0 spiro atoms. The first-order valence-corrected chi connectivity index (χ1v) is 5.93. The summed E-state index contributed by atoms with van der Waals surface area (Å²) in [6, 6.07) is 0. The average molecular weight is 227 g/mol. The zero-order valence-corrected chi connectivity index (χ0v) is 9.95. The number of carbonyl (C=O) groups excluding carboxylic acids is 2. The van der Waals surface area contributed by atoms with Crippen LogP contribution >= 0.6 is 0 Å². The maximum Gasteiger partial charge on any atom is 0.325 e. The lowest BCUT2D eigenvalue weighted by Crippen LogP contribution is -2.28. The van der Waals surface area contributed by atoms with Gasteiger partial charge in [0.05, 0.1) is 6.61 Å². The maximum atomic E-state index is 11.7. The highest BCUT2D eigenvalue weighted by atomic mass is 16.6. The fourth-order valence-electron chi connectivity index (χ4n) is 1.82. The van der Waals surface area contributed by atoms with E-state index in [4.69, 9.17) is 9.47 Å². The molecule has 1 aliphatic rings. The van der Waals surface area contributed by atoms with Crippen LogP contribution in [0.25, 0.3) is 0 Å². The Balaban J connectivity index is 2.44. The van der Waals surface area contributed by atoms with Crippen LogP contribution < -0.4 is 0 Å². The van der Waals surface area contributed by atoms with Crippen molar-refractivity contribution in [1.29, 1.82) is 0 Å². The predicted octanol–water partition coefficient (Wildman–Crippen LogP) is 2.02. The highest BCUT2D eigenvalue weighted by Gasteiger charge is 2.31. The van der Waals surface area contributed by atoms with Gasteiger partial charge in [0.25, 0.3) is 0 Å². The molecule has 0 bridgehead atoms. The van der Waals surface area contributed by atoms with Crippen LogP contribution in [0.4, 0.5) is 0 Å². The third-order valence-electron chi connectivity index (χ3n) is 2.70. The van der Waals surface area contributed by atoms with Crippen molar-refractivity contribution in [2.45, 2.75) is 52.1 Å². The molecule has 0 aromatic heterocycles. The first kappa shape index (κ1) is 13.0. The van der Waals surface area contributed by atoms with Gasteiger partial charge in [0.15, 0.2) is 5.92 Å². The Morgan fingerprint density at radius 3 is 2.25 bits per heavy atom. The molecule has 4 heteroatoms. The Hall–Kier alpha value is -1.06. The molecule has 1 saturated carbocycles. The SMILES string of the molecule is CCOC(=O)[C](CC)C(=O)OC1CCCC1. The van der Waals surface area contributed by atoms with E-state index in [1.807, 2.05) is 0 Å². The van der Waals surface area contributed by atoms with Gasteiger partial charge in [-0.1, -0.05) is 6.92 Å². The number of hydrogen-bond acceptors (Lipinski definition) is 4. The minimum Gasteiger partial charge on any atom is -0.465 e. The number of rotatable bonds is 5. The van der Waals surface area contributed by atoms with Crippen LogP contribution in [-0.4, -0.2) is 24.6 Å². The van der Waals surface area contributed by atoms with Crippen LogP contribution in [0.5, 0.6) is 0 Å². The molecule has 0 saturated heterocycles. The van der Waals surface area contributed by atoms with Gasteiger partial charge < -0.3 is 9.47 Å². The molecule has 0 heterocycles. The van der Waals surface area contributed by atoms with Crippen molar-refractivity contribution in [3.8, 4) is 0 Å². The fraction of sp³-hybridized carbons (Fsp3) is 0.750. The van der Waals surface area contributed by atoms with Crippen molar-refractivity contribution in [3.63, 3.8) is 0 Å². The van der Waals surface area contributed by atoms with Crippen molar-refractivity contribution < 1.29 is 19.1 Å². The van der Waals surface area contributed by atoms with E-state index >= 15 is 0 Å². The molecule has 0 amide bonds. The molecule has 0 atom stereocenters. The van der Waals surface area contributed by atoms with Gasteiger partial charge in [-0.2, -0.15) is 0 Å². The van der Waals surface area contributed by atoms with E-state index in [1.54, 1.807) is 13.8 Å². The molecule has 0 unspecified atom stereocenters. The van der Waals surface area contributed by atoms with E-state index in [1.165, 1.54) is 0 Å². The van der Waals surface area contributed by atoms with Gasteiger partial charge >= 0.3 is 11.9 Å². The van der Waals surface area contributed by atoms with E-state index in [0.29, 0.717) is 6.42 Å². The number of ether oxygens (including phenoxy) is 2. The standard InChI is InChI=1S/C12H19O4/c1-3-10(11(13)15-4-2)12(14)16-9-7-5-6-8-9/h9H,3-8H2,1-2H3. The minimum atomic E-state index is -0.548. The molecule has 1 rings (SSSR count). The van der Waals surface area contributed by atoms with Gasteiger partial charge in [-0.25, -0.2) is 0 Å². The van der Waals surface area contributed by atoms with E-state index in [0.717, 1.165) is 25.7 Å². The Kier molecular flexibility index (Phi) is 5.29. The maximum absolute atomic E-state index is 11.7. The summed E-state index contributed by atoms with van der Waals surface area (Å²) in [6.45, 7) is 3.74. The number of carbonyl (C=O) groups is 2. The van der Waals surface area contributed by atoms with Gasteiger partial charge in [0.2, 0.25) is 0 Å². The third kappa shape index (κ3) is 3.51. The summed E-state index contributed by atoms with van der Waals surface area (Å²) in [7, 11) is 0. The second-order valence-electron chi connectivity index (χ2n) is 3.86. The monoisotopic (exact) mass is 227 g/mol. The quantitative estimate of drug-likeness (QED) is 0.532. The summed E-state index contributed by atoms with van der Waals surface area (Å²) in [4.78, 5) is 23.1. The Morgan fingerprint density at radius 1 is 1.12 bits per heavy atom. The molecule has 1 aliphatic carbocycles. The summed E-state index contributed by atoms with van der Waals surface area (Å²) in [5.74, 6) is -0.936. The summed E-state index contributed by atoms with van der Waals surface area (Å²) in [5, 5.41) is 0. The highest BCUT2D eigenvalue weighted by molar-refractivity contribution is 6.09. The fourth-order valence-corrected chi connectivity index (χ4v) is 1.82. The first-order valence-electron chi connectivity index (χ1n) is 5.93. The normalized spacial score (nSPS) is 16.4. The lowest BCUT2D eigenvalue weighted by atomic mass is 10.1. The first-order chi connectivity index (χ1) is 7.69. The molecule has 0 aliphatic heterocycles. The van der Waals surface area contributed by atoms with E-state index in [9.17, 15) is 9.59 Å². The van der Waals surface area contributed by atoms with Gasteiger partial charge in [-0.3, -0.25) is 9.59 Å². The van der Waals surface area contributed by atoms with Crippen molar-refractivity contribution in [3.05, 3.63) is 5.92 Å². The second-order valence-corrected chi connectivity index (χ2v) is 3.86. The van der Waals surface area contributed by atoms with Gasteiger partial charge in [-0.15, -0.1) is 0 Å². The highest BCUT2D eigenvalue weighted by Crippen LogP contribution is 2.23. The third-order valence-corrected chi connectivity index (χ3v) is 2.70. The molecule has 91 valence electrons. The van der Waals surface area contributed by atoms with Crippen LogP contribution in [-0.2, 0) is 19.1 Å². The molecular formula is C12H19O4. The lowest BCUT2D eigenvalue weighted by Gasteiger charge is -2.15. The van der Waals surface area contributed by atoms with Crippen molar-refractivity contribution >= 4 is 11.9 Å². The molecular weight excluding hydrogens is 208 g/mol. The smallest absolute Gasteiger partial charge is 0.325 e. The number of hydrogen-bond donors (Lipinski definition) is 0. The predicted molar refractivity (Wildman–Crippen MR) is 58.5 cm³/mol.